The molecule has 0 fully saturated rings. The SMILES string of the molecule is Cn1cc(C(=O)Nc2cccc(C#Cc3ccccn3)c2)c(-c2ccc3c(c2)OCCCO3)n1. The van der Waals surface area contributed by atoms with Gasteiger partial charge in [-0.1, -0.05) is 18.1 Å². The van der Waals surface area contributed by atoms with Gasteiger partial charge in [-0.2, -0.15) is 5.10 Å². The van der Waals surface area contributed by atoms with Crippen molar-refractivity contribution in [2.24, 2.45) is 7.05 Å². The third kappa shape index (κ3) is 4.76. The highest BCUT2D eigenvalue weighted by atomic mass is 16.5. The minimum atomic E-state index is -0.259. The topological polar surface area (TPSA) is 78.3 Å². The molecule has 1 N–H and O–H groups in total. The Labute approximate surface area is 197 Å². The van der Waals surface area contributed by atoms with Gasteiger partial charge in [0.2, 0.25) is 0 Å². The van der Waals surface area contributed by atoms with E-state index in [9.17, 15) is 4.79 Å². The van der Waals surface area contributed by atoms with Crippen LogP contribution in [0.3, 0.4) is 0 Å². The molecule has 34 heavy (non-hydrogen) atoms. The zero-order chi connectivity index (χ0) is 23.3. The van der Waals surface area contributed by atoms with E-state index in [0.717, 1.165) is 17.5 Å². The molecule has 2 aromatic carbocycles. The highest BCUT2D eigenvalue weighted by molar-refractivity contribution is 6.08. The Morgan fingerprint density at radius 2 is 1.88 bits per heavy atom. The maximum Gasteiger partial charge on any atom is 0.259 e. The lowest BCUT2D eigenvalue weighted by Crippen LogP contribution is -2.12. The normalized spacial score (nSPS) is 12.3. The second kappa shape index (κ2) is 9.51. The van der Waals surface area contributed by atoms with Crippen LogP contribution in [0.25, 0.3) is 11.3 Å². The number of benzene rings is 2. The quantitative estimate of drug-likeness (QED) is 0.471. The maximum absolute atomic E-state index is 13.2. The smallest absolute Gasteiger partial charge is 0.259 e. The van der Waals surface area contributed by atoms with Crippen molar-refractivity contribution in [3.05, 3.63) is 89.9 Å². The largest absolute Gasteiger partial charge is 0.490 e. The Balaban J connectivity index is 1.39. The van der Waals surface area contributed by atoms with E-state index >= 15 is 0 Å². The molecule has 0 spiro atoms. The fraction of sp³-hybridized carbons (Fsp3) is 0.148. The van der Waals surface area contributed by atoms with Crippen LogP contribution in [-0.4, -0.2) is 33.9 Å². The van der Waals surface area contributed by atoms with Gasteiger partial charge in [0, 0.05) is 42.7 Å². The van der Waals surface area contributed by atoms with Crippen molar-refractivity contribution >= 4 is 11.6 Å². The fourth-order valence-corrected chi connectivity index (χ4v) is 3.62. The summed E-state index contributed by atoms with van der Waals surface area (Å²) in [6.45, 7) is 1.21. The minimum absolute atomic E-state index is 0.259. The second-order valence-corrected chi connectivity index (χ2v) is 7.78. The molecule has 0 atom stereocenters. The van der Waals surface area contributed by atoms with Gasteiger partial charge < -0.3 is 14.8 Å². The van der Waals surface area contributed by atoms with Crippen molar-refractivity contribution in [1.29, 1.82) is 0 Å². The number of hydrogen-bond acceptors (Lipinski definition) is 5. The molecule has 7 nitrogen and oxygen atoms in total. The molecule has 0 aliphatic carbocycles. The molecule has 168 valence electrons. The number of ether oxygens (including phenoxy) is 2. The van der Waals surface area contributed by atoms with Gasteiger partial charge in [-0.3, -0.25) is 9.48 Å². The molecule has 0 unspecified atom stereocenters. The van der Waals surface area contributed by atoms with Crippen LogP contribution in [0.2, 0.25) is 0 Å². The highest BCUT2D eigenvalue weighted by Crippen LogP contribution is 2.35. The summed E-state index contributed by atoms with van der Waals surface area (Å²) in [7, 11) is 1.79. The van der Waals surface area contributed by atoms with Crippen molar-refractivity contribution in [2.45, 2.75) is 6.42 Å². The molecule has 3 heterocycles. The number of hydrogen-bond donors (Lipinski definition) is 1. The van der Waals surface area contributed by atoms with Crippen LogP contribution in [0.5, 0.6) is 11.5 Å². The first-order valence-corrected chi connectivity index (χ1v) is 10.9. The molecule has 2 aromatic heterocycles. The minimum Gasteiger partial charge on any atom is -0.490 e. The molecule has 1 amide bonds. The molecule has 0 bridgehead atoms. The number of nitrogens with zero attached hydrogens (tertiary/aromatic N) is 3. The van der Waals surface area contributed by atoms with E-state index < -0.39 is 0 Å². The van der Waals surface area contributed by atoms with Crippen LogP contribution >= 0.6 is 0 Å². The van der Waals surface area contributed by atoms with Crippen molar-refractivity contribution in [3.63, 3.8) is 0 Å². The summed E-state index contributed by atoms with van der Waals surface area (Å²) < 4.78 is 13.1. The van der Waals surface area contributed by atoms with Gasteiger partial charge in [0.1, 0.15) is 11.4 Å². The van der Waals surface area contributed by atoms with Crippen LogP contribution in [0.4, 0.5) is 5.69 Å². The molecule has 1 aliphatic heterocycles. The van der Waals surface area contributed by atoms with Crippen LogP contribution < -0.4 is 14.8 Å². The van der Waals surface area contributed by atoms with Crippen molar-refractivity contribution in [3.8, 4) is 34.6 Å². The summed E-state index contributed by atoms with van der Waals surface area (Å²) in [5.41, 5.74) is 3.92. The monoisotopic (exact) mass is 450 g/mol. The molecule has 5 rings (SSSR count). The van der Waals surface area contributed by atoms with E-state index in [1.807, 2.05) is 60.7 Å². The van der Waals surface area contributed by atoms with E-state index in [2.05, 4.69) is 27.2 Å². The Hall–Kier alpha value is -4.57. The Bertz CT molecular complexity index is 1400. The van der Waals surface area contributed by atoms with Crippen LogP contribution in [-0.2, 0) is 7.05 Å². The summed E-state index contributed by atoms with van der Waals surface area (Å²) in [6.07, 6.45) is 4.24. The highest BCUT2D eigenvalue weighted by Gasteiger charge is 2.20. The van der Waals surface area contributed by atoms with Gasteiger partial charge in [-0.05, 0) is 54.5 Å². The average molecular weight is 450 g/mol. The third-order valence-corrected chi connectivity index (χ3v) is 5.21. The second-order valence-electron chi connectivity index (χ2n) is 7.78. The van der Waals surface area contributed by atoms with Gasteiger partial charge in [-0.15, -0.1) is 0 Å². The van der Waals surface area contributed by atoms with Crippen LogP contribution in [0, 0.1) is 11.8 Å². The lowest BCUT2D eigenvalue weighted by Gasteiger charge is -2.10. The van der Waals surface area contributed by atoms with E-state index in [4.69, 9.17) is 9.47 Å². The molecule has 0 saturated carbocycles. The Morgan fingerprint density at radius 1 is 1.00 bits per heavy atom. The summed E-state index contributed by atoms with van der Waals surface area (Å²) in [6, 6.07) is 18.6. The number of amides is 1. The molecule has 7 heteroatoms. The summed E-state index contributed by atoms with van der Waals surface area (Å²) in [4.78, 5) is 17.4. The lowest BCUT2D eigenvalue weighted by atomic mass is 10.1. The number of aromatic nitrogens is 3. The zero-order valence-electron chi connectivity index (χ0n) is 18.6. The number of carbonyl (C=O) groups excluding carboxylic acids is 1. The first-order valence-electron chi connectivity index (χ1n) is 10.9. The van der Waals surface area contributed by atoms with Gasteiger partial charge in [0.05, 0.1) is 18.8 Å². The van der Waals surface area contributed by atoms with E-state index in [1.165, 1.54) is 0 Å². The zero-order valence-corrected chi connectivity index (χ0v) is 18.6. The standard InChI is InChI=1S/C27H22N4O3/c1-31-18-23(26(30-31)20-10-12-24-25(17-20)34-15-5-14-33-24)27(32)29-22-8-4-6-19(16-22)9-11-21-7-2-3-13-28-21/h2-4,6-8,10,12-13,16-18H,5,14-15H2,1H3,(H,29,32). The first kappa shape index (κ1) is 21.3. The van der Waals surface area contributed by atoms with Gasteiger partial charge in [0.25, 0.3) is 5.91 Å². The van der Waals surface area contributed by atoms with Gasteiger partial charge in [0.15, 0.2) is 11.5 Å². The fourth-order valence-electron chi connectivity index (χ4n) is 3.62. The van der Waals surface area contributed by atoms with E-state index in [0.29, 0.717) is 47.4 Å². The summed E-state index contributed by atoms with van der Waals surface area (Å²) in [5, 5.41) is 7.49. The van der Waals surface area contributed by atoms with Crippen LogP contribution in [0.15, 0.2) is 73.1 Å². The number of rotatable bonds is 3. The predicted molar refractivity (Wildman–Crippen MR) is 129 cm³/mol. The number of nitrogens with one attached hydrogen (secondary N) is 1. The molecule has 4 aromatic rings. The number of pyridine rings is 1. The maximum atomic E-state index is 13.2. The first-order chi connectivity index (χ1) is 16.7. The predicted octanol–water partition coefficient (Wildman–Crippen LogP) is 4.30. The Kier molecular flexibility index (Phi) is 5.95. The van der Waals surface area contributed by atoms with Crippen molar-refractivity contribution in [1.82, 2.24) is 14.8 Å². The summed E-state index contributed by atoms with van der Waals surface area (Å²) >= 11 is 0. The van der Waals surface area contributed by atoms with E-state index in [-0.39, 0.29) is 5.91 Å². The molecule has 1 aliphatic rings. The number of aryl methyl sites for hydroxylation is 1. The van der Waals surface area contributed by atoms with Gasteiger partial charge in [-0.25, -0.2) is 4.98 Å². The molecule has 0 saturated heterocycles. The number of carbonyl (C=O) groups is 1. The van der Waals surface area contributed by atoms with Crippen LogP contribution in [0.1, 0.15) is 28.0 Å². The third-order valence-electron chi connectivity index (χ3n) is 5.21. The van der Waals surface area contributed by atoms with E-state index in [1.54, 1.807) is 24.1 Å². The van der Waals surface area contributed by atoms with Crippen molar-refractivity contribution in [2.75, 3.05) is 18.5 Å². The lowest BCUT2D eigenvalue weighted by molar-refractivity contribution is 0.102. The molecular weight excluding hydrogens is 428 g/mol. The Morgan fingerprint density at radius 3 is 2.74 bits per heavy atom. The summed E-state index contributed by atoms with van der Waals surface area (Å²) in [5.74, 6) is 7.21. The van der Waals surface area contributed by atoms with Crippen molar-refractivity contribution < 1.29 is 14.3 Å². The number of fused-ring (bicyclic) bond motifs is 1. The molecule has 0 radical (unpaired) electrons. The van der Waals surface area contributed by atoms with Gasteiger partial charge >= 0.3 is 0 Å². The average Bonchev–Trinajstić information content (AvgIpc) is 3.10. The number of anilines is 1. The molecular formula is C27H22N4O3.